The van der Waals surface area contributed by atoms with Gasteiger partial charge in [0.2, 0.25) is 5.91 Å². The van der Waals surface area contributed by atoms with Crippen LogP contribution in [0.4, 0.5) is 4.39 Å². The Hall–Kier alpha value is -3.48. The van der Waals surface area contributed by atoms with E-state index in [0.29, 0.717) is 31.2 Å². The zero-order valence-corrected chi connectivity index (χ0v) is 16.1. The highest BCUT2D eigenvalue weighted by Gasteiger charge is 2.10. The fourth-order valence-electron chi connectivity index (χ4n) is 3.27. The summed E-state index contributed by atoms with van der Waals surface area (Å²) in [6.07, 6.45) is 2.28. The average Bonchev–Trinajstić information content (AvgIpc) is 3.32. The van der Waals surface area contributed by atoms with Gasteiger partial charge in [0.05, 0.1) is 17.2 Å². The number of hydrogen-bond donors (Lipinski definition) is 1. The van der Waals surface area contributed by atoms with Crippen LogP contribution in [-0.2, 0) is 17.8 Å². The van der Waals surface area contributed by atoms with Crippen molar-refractivity contribution in [2.75, 3.05) is 6.54 Å². The minimum absolute atomic E-state index is 0.0615. The second kappa shape index (κ2) is 8.26. The number of rotatable bonds is 7. The first-order valence-electron chi connectivity index (χ1n) is 9.49. The molecule has 0 saturated carbocycles. The number of aryl methyl sites for hydroxylation is 2. The summed E-state index contributed by atoms with van der Waals surface area (Å²) in [5.41, 5.74) is 2.77. The van der Waals surface area contributed by atoms with Crippen molar-refractivity contribution in [3.63, 3.8) is 0 Å². The van der Waals surface area contributed by atoms with Gasteiger partial charge in [-0.3, -0.25) is 4.79 Å². The van der Waals surface area contributed by atoms with Gasteiger partial charge in [-0.05, 0) is 43.3 Å². The van der Waals surface area contributed by atoms with E-state index in [9.17, 15) is 9.18 Å². The van der Waals surface area contributed by atoms with Gasteiger partial charge in [0.15, 0.2) is 11.7 Å². The van der Waals surface area contributed by atoms with Crippen LogP contribution in [0.25, 0.3) is 22.4 Å². The summed E-state index contributed by atoms with van der Waals surface area (Å²) in [6, 6.07) is 14.0. The van der Waals surface area contributed by atoms with E-state index in [1.807, 2.05) is 31.2 Å². The minimum Gasteiger partial charge on any atom is -0.441 e. The normalized spacial score (nSPS) is 11.1. The molecule has 0 bridgehead atoms. The molecule has 0 aliphatic heterocycles. The number of halogens is 1. The molecule has 148 valence electrons. The van der Waals surface area contributed by atoms with Gasteiger partial charge in [-0.2, -0.15) is 0 Å². The van der Waals surface area contributed by atoms with E-state index < -0.39 is 0 Å². The number of amides is 1. The van der Waals surface area contributed by atoms with Gasteiger partial charge in [0, 0.05) is 31.5 Å². The van der Waals surface area contributed by atoms with Crippen molar-refractivity contribution in [2.24, 2.45) is 0 Å². The molecule has 0 fully saturated rings. The molecule has 29 heavy (non-hydrogen) atoms. The maximum absolute atomic E-state index is 13.0. The number of para-hydroxylation sites is 2. The number of fused-ring (bicyclic) bond motifs is 1. The third-order valence-electron chi connectivity index (χ3n) is 4.75. The van der Waals surface area contributed by atoms with E-state index in [-0.39, 0.29) is 18.1 Å². The lowest BCUT2D eigenvalue weighted by atomic mass is 10.2. The molecule has 0 aliphatic carbocycles. The Balaban J connectivity index is 1.27. The molecule has 6 nitrogen and oxygen atoms in total. The lowest BCUT2D eigenvalue weighted by Crippen LogP contribution is -2.27. The predicted octanol–water partition coefficient (Wildman–Crippen LogP) is 3.89. The molecular formula is C22H21FN4O2. The molecule has 0 aliphatic rings. The van der Waals surface area contributed by atoms with Crippen LogP contribution in [0.1, 0.15) is 18.1 Å². The number of oxazole rings is 1. The average molecular weight is 392 g/mol. The highest BCUT2D eigenvalue weighted by atomic mass is 19.1. The molecule has 0 saturated heterocycles. The third-order valence-corrected chi connectivity index (χ3v) is 4.75. The molecule has 0 atom stereocenters. The van der Waals surface area contributed by atoms with Crippen LogP contribution >= 0.6 is 0 Å². The number of nitrogens with zero attached hydrogens (tertiary/aromatic N) is 3. The number of carbonyl (C=O) groups excluding carboxylic acids is 1. The molecule has 0 radical (unpaired) electrons. The zero-order chi connectivity index (χ0) is 20.2. The number of nitrogens with one attached hydrogen (secondary N) is 1. The summed E-state index contributed by atoms with van der Waals surface area (Å²) in [4.78, 5) is 20.9. The number of carbonyl (C=O) groups is 1. The lowest BCUT2D eigenvalue weighted by Gasteiger charge is -2.08. The number of imidazole rings is 1. The Morgan fingerprint density at radius 1 is 1.17 bits per heavy atom. The largest absolute Gasteiger partial charge is 0.441 e. The summed E-state index contributed by atoms with van der Waals surface area (Å²) >= 11 is 0. The molecule has 2 heterocycles. The van der Waals surface area contributed by atoms with Crippen molar-refractivity contribution >= 4 is 16.9 Å². The van der Waals surface area contributed by atoms with E-state index in [0.717, 1.165) is 22.4 Å². The van der Waals surface area contributed by atoms with Crippen LogP contribution in [-0.4, -0.2) is 27.0 Å². The number of aromatic nitrogens is 3. The Labute approximate surface area is 167 Å². The van der Waals surface area contributed by atoms with Crippen LogP contribution < -0.4 is 5.32 Å². The molecule has 2 aromatic carbocycles. The van der Waals surface area contributed by atoms with Crippen LogP contribution in [0.15, 0.2) is 59.1 Å². The summed E-state index contributed by atoms with van der Waals surface area (Å²) in [5.74, 6) is 1.60. The molecule has 0 unspecified atom stereocenters. The van der Waals surface area contributed by atoms with Gasteiger partial charge < -0.3 is 14.3 Å². The van der Waals surface area contributed by atoms with Crippen molar-refractivity contribution < 1.29 is 13.6 Å². The molecule has 1 amide bonds. The number of hydrogen-bond acceptors (Lipinski definition) is 4. The summed E-state index contributed by atoms with van der Waals surface area (Å²) in [7, 11) is 0. The smallest absolute Gasteiger partial charge is 0.220 e. The van der Waals surface area contributed by atoms with Crippen molar-refractivity contribution in [3.8, 4) is 11.3 Å². The van der Waals surface area contributed by atoms with Crippen molar-refractivity contribution in [1.29, 1.82) is 0 Å². The molecule has 2 aromatic heterocycles. The van der Waals surface area contributed by atoms with Gasteiger partial charge >= 0.3 is 0 Å². The van der Waals surface area contributed by atoms with Gasteiger partial charge in [0.1, 0.15) is 11.6 Å². The van der Waals surface area contributed by atoms with Crippen LogP contribution in [0.5, 0.6) is 0 Å². The Morgan fingerprint density at radius 3 is 2.79 bits per heavy atom. The van der Waals surface area contributed by atoms with Crippen LogP contribution in [0, 0.1) is 12.7 Å². The molecule has 4 rings (SSSR count). The lowest BCUT2D eigenvalue weighted by molar-refractivity contribution is -0.121. The second-order valence-electron chi connectivity index (χ2n) is 6.77. The van der Waals surface area contributed by atoms with E-state index in [1.165, 1.54) is 12.1 Å². The van der Waals surface area contributed by atoms with Gasteiger partial charge in [-0.25, -0.2) is 14.4 Å². The Morgan fingerprint density at radius 2 is 1.97 bits per heavy atom. The first-order valence-corrected chi connectivity index (χ1v) is 9.49. The maximum Gasteiger partial charge on any atom is 0.220 e. The predicted molar refractivity (Wildman–Crippen MR) is 108 cm³/mol. The SMILES string of the molecule is Cc1nc2ccccc2n1CCNC(=O)CCc1ncc(-c2ccc(F)cc2)o1. The highest BCUT2D eigenvalue weighted by Crippen LogP contribution is 2.21. The summed E-state index contributed by atoms with van der Waals surface area (Å²) < 4.78 is 20.8. The fraction of sp³-hybridized carbons (Fsp3) is 0.227. The first-order chi connectivity index (χ1) is 14.1. The third kappa shape index (κ3) is 4.34. The fourth-order valence-corrected chi connectivity index (χ4v) is 3.27. The van der Waals surface area contributed by atoms with Crippen molar-refractivity contribution in [3.05, 3.63) is 72.3 Å². The molecule has 4 aromatic rings. The van der Waals surface area contributed by atoms with Gasteiger partial charge in [-0.1, -0.05) is 12.1 Å². The van der Waals surface area contributed by atoms with E-state index in [2.05, 4.69) is 19.9 Å². The summed E-state index contributed by atoms with van der Waals surface area (Å²) in [5, 5.41) is 2.93. The van der Waals surface area contributed by atoms with Crippen molar-refractivity contribution in [2.45, 2.75) is 26.3 Å². The van der Waals surface area contributed by atoms with E-state index >= 15 is 0 Å². The van der Waals surface area contributed by atoms with Crippen molar-refractivity contribution in [1.82, 2.24) is 19.9 Å². The second-order valence-corrected chi connectivity index (χ2v) is 6.77. The number of benzene rings is 2. The van der Waals surface area contributed by atoms with E-state index in [4.69, 9.17) is 4.42 Å². The quantitative estimate of drug-likeness (QED) is 0.518. The monoisotopic (exact) mass is 392 g/mol. The molecule has 0 spiro atoms. The molecule has 7 heteroatoms. The summed E-state index contributed by atoms with van der Waals surface area (Å²) in [6.45, 7) is 3.14. The minimum atomic E-state index is -0.302. The first kappa shape index (κ1) is 18.9. The zero-order valence-electron chi connectivity index (χ0n) is 16.1. The topological polar surface area (TPSA) is 73.0 Å². The maximum atomic E-state index is 13.0. The standard InChI is InChI=1S/C22H21FN4O2/c1-15-26-18-4-2-3-5-19(18)27(15)13-12-24-21(28)10-11-22-25-14-20(29-22)16-6-8-17(23)9-7-16/h2-9,14H,10-13H2,1H3,(H,24,28). The van der Waals surface area contributed by atoms with E-state index in [1.54, 1.807) is 18.3 Å². The van der Waals surface area contributed by atoms with Crippen LogP contribution in [0.2, 0.25) is 0 Å². The van der Waals surface area contributed by atoms with Crippen LogP contribution in [0.3, 0.4) is 0 Å². The van der Waals surface area contributed by atoms with Gasteiger partial charge in [-0.15, -0.1) is 0 Å². The molecule has 1 N–H and O–H groups in total. The molecular weight excluding hydrogens is 371 g/mol. The Bertz CT molecular complexity index is 1130. The van der Waals surface area contributed by atoms with Gasteiger partial charge in [0.25, 0.3) is 0 Å². The highest BCUT2D eigenvalue weighted by molar-refractivity contribution is 5.77. The Kier molecular flexibility index (Phi) is 5.37.